The largest absolute Gasteiger partial charge is 0.352 e. The topological polar surface area (TPSA) is 54.7 Å². The van der Waals surface area contributed by atoms with Gasteiger partial charge < -0.3 is 10.2 Å². The summed E-state index contributed by atoms with van der Waals surface area (Å²) < 4.78 is 0. The Balaban J connectivity index is 1.29. The molecule has 0 spiro atoms. The maximum Gasteiger partial charge on any atom is 0.194 e. The van der Waals surface area contributed by atoms with E-state index in [0.717, 1.165) is 55.6 Å². The summed E-state index contributed by atoms with van der Waals surface area (Å²) >= 11 is 0. The number of aliphatic imine (C=N–C) groups is 1. The van der Waals surface area contributed by atoms with E-state index in [-0.39, 0.29) is 0 Å². The van der Waals surface area contributed by atoms with Crippen molar-refractivity contribution in [2.75, 3.05) is 33.2 Å². The first-order valence-electron chi connectivity index (χ1n) is 9.95. The lowest BCUT2D eigenvalue weighted by atomic mass is 9.93. The lowest BCUT2D eigenvalue weighted by Crippen LogP contribution is -2.55. The summed E-state index contributed by atoms with van der Waals surface area (Å²) in [5, 5.41) is 12.5. The molecule has 138 valence electrons. The molecule has 3 aliphatic rings. The quantitative estimate of drug-likeness (QED) is 0.671. The third-order valence-corrected chi connectivity index (χ3v) is 6.50. The van der Waals surface area contributed by atoms with E-state index in [1.54, 1.807) is 0 Å². The van der Waals surface area contributed by atoms with Crippen molar-refractivity contribution < 1.29 is 0 Å². The van der Waals surface area contributed by atoms with Crippen LogP contribution >= 0.6 is 0 Å². The zero-order valence-corrected chi connectivity index (χ0v) is 15.7. The highest BCUT2D eigenvalue weighted by Crippen LogP contribution is 2.46. The van der Waals surface area contributed by atoms with Crippen LogP contribution in [0.5, 0.6) is 0 Å². The van der Waals surface area contributed by atoms with Crippen molar-refractivity contribution in [3.8, 4) is 6.07 Å². The third-order valence-electron chi connectivity index (χ3n) is 6.50. The normalized spacial score (nSPS) is 29.0. The first kappa shape index (κ1) is 17.4. The molecule has 1 saturated heterocycles. The number of piperazine rings is 1. The second-order valence-electron chi connectivity index (χ2n) is 7.98. The van der Waals surface area contributed by atoms with E-state index in [1.807, 2.05) is 31.3 Å². The predicted molar refractivity (Wildman–Crippen MR) is 104 cm³/mol. The molecule has 5 nitrogen and oxygen atoms in total. The molecule has 3 unspecified atom stereocenters. The Kier molecular flexibility index (Phi) is 5.12. The van der Waals surface area contributed by atoms with Crippen molar-refractivity contribution >= 4 is 5.96 Å². The average Bonchev–Trinajstić information content (AvgIpc) is 3.33. The number of nitrogens with zero attached hydrogens (tertiary/aromatic N) is 4. The van der Waals surface area contributed by atoms with Crippen molar-refractivity contribution in [2.24, 2.45) is 16.8 Å². The SMILES string of the molecule is CN=C(NCc1cccc(C#N)c1)N1CCN(C2CC3CCC2C3)CC1. The Morgan fingerprint density at radius 1 is 1.23 bits per heavy atom. The van der Waals surface area contributed by atoms with Crippen LogP contribution in [0.3, 0.4) is 0 Å². The van der Waals surface area contributed by atoms with Gasteiger partial charge in [0, 0.05) is 45.8 Å². The molecule has 5 heteroatoms. The summed E-state index contributed by atoms with van der Waals surface area (Å²) in [5.74, 6) is 2.96. The molecule has 2 saturated carbocycles. The smallest absolute Gasteiger partial charge is 0.194 e. The molecule has 3 fully saturated rings. The fourth-order valence-electron chi connectivity index (χ4n) is 5.19. The standard InChI is InChI=1S/C21H29N5/c1-23-21(24-15-18-4-2-3-17(11-18)14-22)26-9-7-25(8-10-26)20-13-16-5-6-19(20)12-16/h2-4,11,16,19-20H,5-10,12-13,15H2,1H3,(H,23,24). The van der Waals surface area contributed by atoms with Gasteiger partial charge in [0.1, 0.15) is 0 Å². The molecule has 1 aliphatic heterocycles. The average molecular weight is 351 g/mol. The number of hydrogen-bond donors (Lipinski definition) is 1. The van der Waals surface area contributed by atoms with Gasteiger partial charge in [0.05, 0.1) is 11.6 Å². The number of guanidine groups is 1. The van der Waals surface area contributed by atoms with E-state index in [9.17, 15) is 0 Å². The van der Waals surface area contributed by atoms with E-state index < -0.39 is 0 Å². The number of fused-ring (bicyclic) bond motifs is 2. The van der Waals surface area contributed by atoms with Gasteiger partial charge in [-0.05, 0) is 48.8 Å². The first-order valence-corrected chi connectivity index (χ1v) is 9.95. The second-order valence-corrected chi connectivity index (χ2v) is 7.98. The van der Waals surface area contributed by atoms with Crippen LogP contribution < -0.4 is 5.32 Å². The van der Waals surface area contributed by atoms with Crippen LogP contribution in [0.2, 0.25) is 0 Å². The molecule has 0 radical (unpaired) electrons. The van der Waals surface area contributed by atoms with Gasteiger partial charge in [0.25, 0.3) is 0 Å². The maximum absolute atomic E-state index is 9.04. The molecule has 1 aromatic carbocycles. The van der Waals surface area contributed by atoms with Crippen molar-refractivity contribution in [1.29, 1.82) is 5.26 Å². The fraction of sp³-hybridized carbons (Fsp3) is 0.619. The van der Waals surface area contributed by atoms with Gasteiger partial charge >= 0.3 is 0 Å². The number of rotatable bonds is 3. The lowest BCUT2D eigenvalue weighted by molar-refractivity contribution is 0.0958. The molecule has 1 heterocycles. The van der Waals surface area contributed by atoms with Gasteiger partial charge in [-0.1, -0.05) is 18.6 Å². The van der Waals surface area contributed by atoms with Gasteiger partial charge in [-0.3, -0.25) is 9.89 Å². The highest BCUT2D eigenvalue weighted by molar-refractivity contribution is 5.80. The van der Waals surface area contributed by atoms with Crippen LogP contribution in [0.4, 0.5) is 0 Å². The molecule has 26 heavy (non-hydrogen) atoms. The van der Waals surface area contributed by atoms with Crippen molar-refractivity contribution in [2.45, 2.75) is 38.3 Å². The van der Waals surface area contributed by atoms with Crippen LogP contribution in [0.15, 0.2) is 29.3 Å². The summed E-state index contributed by atoms with van der Waals surface area (Å²) in [6.07, 6.45) is 5.86. The van der Waals surface area contributed by atoms with Gasteiger partial charge in [-0.25, -0.2) is 0 Å². The molecule has 1 N–H and O–H groups in total. The van der Waals surface area contributed by atoms with Crippen LogP contribution in [0.25, 0.3) is 0 Å². The molecule has 1 aromatic rings. The zero-order valence-electron chi connectivity index (χ0n) is 15.7. The van der Waals surface area contributed by atoms with Crippen LogP contribution in [0, 0.1) is 23.2 Å². The molecule has 2 aliphatic carbocycles. The third kappa shape index (κ3) is 3.57. The molecule has 2 bridgehead atoms. The molecule has 3 atom stereocenters. The van der Waals surface area contributed by atoms with Crippen LogP contribution in [0.1, 0.15) is 36.8 Å². The molecule has 4 rings (SSSR count). The molecular weight excluding hydrogens is 322 g/mol. The van der Waals surface area contributed by atoms with E-state index in [0.29, 0.717) is 12.1 Å². The highest BCUT2D eigenvalue weighted by atomic mass is 15.4. The Morgan fingerprint density at radius 3 is 2.73 bits per heavy atom. The minimum atomic E-state index is 0.703. The van der Waals surface area contributed by atoms with Crippen LogP contribution in [-0.2, 0) is 6.54 Å². The van der Waals surface area contributed by atoms with Crippen molar-refractivity contribution in [3.63, 3.8) is 0 Å². The monoisotopic (exact) mass is 351 g/mol. The predicted octanol–water partition coefficient (Wildman–Crippen LogP) is 2.44. The Bertz CT molecular complexity index is 699. The number of nitrogens with one attached hydrogen (secondary N) is 1. The number of benzene rings is 1. The molecular formula is C21H29N5. The maximum atomic E-state index is 9.04. The highest BCUT2D eigenvalue weighted by Gasteiger charge is 2.42. The second kappa shape index (κ2) is 7.67. The molecule has 0 amide bonds. The van der Waals surface area contributed by atoms with Crippen molar-refractivity contribution in [3.05, 3.63) is 35.4 Å². The minimum absolute atomic E-state index is 0.703. The van der Waals surface area contributed by atoms with E-state index >= 15 is 0 Å². The summed E-state index contributed by atoms with van der Waals surface area (Å²) in [7, 11) is 1.86. The summed E-state index contributed by atoms with van der Waals surface area (Å²) in [6.45, 7) is 5.10. The minimum Gasteiger partial charge on any atom is -0.352 e. The zero-order chi connectivity index (χ0) is 17.9. The number of hydrogen-bond acceptors (Lipinski definition) is 3. The van der Waals surface area contributed by atoms with E-state index in [4.69, 9.17) is 5.26 Å². The van der Waals surface area contributed by atoms with Gasteiger partial charge in [-0.2, -0.15) is 5.26 Å². The summed E-state index contributed by atoms with van der Waals surface area (Å²) in [4.78, 5) is 9.59. The van der Waals surface area contributed by atoms with E-state index in [1.165, 1.54) is 25.7 Å². The first-order chi connectivity index (χ1) is 12.8. The fourth-order valence-corrected chi connectivity index (χ4v) is 5.19. The Morgan fingerprint density at radius 2 is 2.08 bits per heavy atom. The Labute approximate surface area is 156 Å². The van der Waals surface area contributed by atoms with Gasteiger partial charge in [-0.15, -0.1) is 0 Å². The number of nitriles is 1. The van der Waals surface area contributed by atoms with Gasteiger partial charge in [0.2, 0.25) is 0 Å². The van der Waals surface area contributed by atoms with E-state index in [2.05, 4.69) is 26.2 Å². The van der Waals surface area contributed by atoms with Gasteiger partial charge in [0.15, 0.2) is 5.96 Å². The Hall–Kier alpha value is -2.06. The van der Waals surface area contributed by atoms with Crippen molar-refractivity contribution in [1.82, 2.24) is 15.1 Å². The van der Waals surface area contributed by atoms with Crippen LogP contribution in [-0.4, -0.2) is 55.0 Å². The lowest BCUT2D eigenvalue weighted by Gasteiger charge is -2.42. The summed E-state index contributed by atoms with van der Waals surface area (Å²) in [5.41, 5.74) is 1.82. The molecule has 0 aromatic heterocycles. The summed E-state index contributed by atoms with van der Waals surface area (Å²) in [6, 6.07) is 10.8.